The van der Waals surface area contributed by atoms with E-state index in [1.54, 1.807) is 48.8 Å². The van der Waals surface area contributed by atoms with Crippen LogP contribution in [-0.2, 0) is 0 Å². The summed E-state index contributed by atoms with van der Waals surface area (Å²) >= 11 is 1.86. The molecule has 14 heteroatoms. The fraction of sp³-hybridized carbons (Fsp3) is 0. The second-order valence-corrected chi connectivity index (χ2v) is 14.1. The monoisotopic (exact) mass is 764 g/mol. The zero-order valence-corrected chi connectivity index (χ0v) is 30.9. The third-order valence-electron chi connectivity index (χ3n) is 8.27. The number of hydrogen-bond acceptors (Lipinski definition) is 14. The Bertz CT molecular complexity index is 2610. The number of thioether (sulfide) groups is 2. The SMILES string of the molecule is N=C(SC(=N)c1ccc2ccc(C(=N)SC(=N)c3cccc(-c4cccc(-c5ccccn5)n4)n3)nc2n1)c1cccc(-c2cccc(-c3ccccn3)n2)n1. The van der Waals surface area contributed by atoms with Gasteiger partial charge in [0.2, 0.25) is 0 Å². The molecule has 12 nitrogen and oxygen atoms in total. The van der Waals surface area contributed by atoms with E-state index >= 15 is 0 Å². The quantitative estimate of drug-likeness (QED) is 0.0856. The lowest BCUT2D eigenvalue weighted by molar-refractivity contribution is 1.21. The van der Waals surface area contributed by atoms with Crippen molar-refractivity contribution in [1.29, 1.82) is 21.6 Å². The van der Waals surface area contributed by atoms with E-state index in [1.807, 2.05) is 97.1 Å². The van der Waals surface area contributed by atoms with Gasteiger partial charge in [0.1, 0.15) is 20.2 Å². The molecular weight excluding hydrogens is 737 g/mol. The number of nitrogens with one attached hydrogen (secondary N) is 4. The highest BCUT2D eigenvalue weighted by atomic mass is 32.2. The molecule has 0 atom stereocenters. The van der Waals surface area contributed by atoms with Gasteiger partial charge in [-0.2, -0.15) is 0 Å². The summed E-state index contributed by atoms with van der Waals surface area (Å²) in [6.07, 6.45) is 3.44. The van der Waals surface area contributed by atoms with Crippen LogP contribution < -0.4 is 0 Å². The third-order valence-corrected chi connectivity index (χ3v) is 9.92. The lowest BCUT2D eigenvalue weighted by Crippen LogP contribution is -2.07. The summed E-state index contributed by atoms with van der Waals surface area (Å²) < 4.78 is 0. The van der Waals surface area contributed by atoms with Crippen LogP contribution in [0, 0.1) is 21.6 Å². The molecule has 0 radical (unpaired) electrons. The Kier molecular flexibility index (Phi) is 10.3. The number of pyridine rings is 8. The third kappa shape index (κ3) is 8.01. The highest BCUT2D eigenvalue weighted by Crippen LogP contribution is 2.25. The highest BCUT2D eigenvalue weighted by molar-refractivity contribution is 8.27. The second kappa shape index (κ2) is 16.1. The van der Waals surface area contributed by atoms with Crippen LogP contribution in [0.1, 0.15) is 22.8 Å². The van der Waals surface area contributed by atoms with Gasteiger partial charge in [0.05, 0.1) is 68.3 Å². The normalized spacial score (nSPS) is 10.9. The summed E-state index contributed by atoms with van der Waals surface area (Å²) in [4.78, 5) is 36.8. The van der Waals surface area contributed by atoms with Crippen LogP contribution in [0.25, 0.3) is 56.6 Å². The summed E-state index contributed by atoms with van der Waals surface area (Å²) in [7, 11) is 0. The van der Waals surface area contributed by atoms with Crippen LogP contribution in [0.15, 0.2) is 146 Å². The van der Waals surface area contributed by atoms with E-state index in [0.717, 1.165) is 40.3 Å². The van der Waals surface area contributed by atoms with Crippen LogP contribution >= 0.6 is 23.5 Å². The van der Waals surface area contributed by atoms with Gasteiger partial charge >= 0.3 is 0 Å². The molecule has 0 saturated carbocycles. The summed E-state index contributed by atoms with van der Waals surface area (Å²) in [5.74, 6) is 0. The van der Waals surface area contributed by atoms with Crippen molar-refractivity contribution in [1.82, 2.24) is 39.9 Å². The Morgan fingerprint density at radius 3 is 1.05 bits per heavy atom. The van der Waals surface area contributed by atoms with Crippen molar-refractivity contribution in [2.75, 3.05) is 0 Å². The van der Waals surface area contributed by atoms with Gasteiger partial charge in [-0.1, -0.05) is 36.4 Å². The minimum atomic E-state index is 0.0452. The Morgan fingerprint density at radius 1 is 0.321 bits per heavy atom. The van der Waals surface area contributed by atoms with Gasteiger partial charge in [0, 0.05) is 17.8 Å². The first-order valence-electron chi connectivity index (χ1n) is 17.1. The minimum absolute atomic E-state index is 0.0452. The maximum Gasteiger partial charge on any atom is 0.160 e. The molecule has 8 heterocycles. The lowest BCUT2D eigenvalue weighted by Gasteiger charge is -2.09. The number of hydrogen-bond donors (Lipinski definition) is 4. The zero-order chi connectivity index (χ0) is 38.4. The first-order chi connectivity index (χ1) is 27.4. The zero-order valence-electron chi connectivity index (χ0n) is 29.3. The molecule has 0 fully saturated rings. The molecule has 0 saturated heterocycles. The van der Waals surface area contributed by atoms with E-state index in [4.69, 9.17) is 31.6 Å². The van der Waals surface area contributed by atoms with Gasteiger partial charge in [-0.25, -0.2) is 29.9 Å². The molecule has 0 aliphatic carbocycles. The van der Waals surface area contributed by atoms with Crippen molar-refractivity contribution in [3.63, 3.8) is 0 Å². The molecule has 0 aliphatic heterocycles. The van der Waals surface area contributed by atoms with Crippen molar-refractivity contribution in [2.24, 2.45) is 0 Å². The summed E-state index contributed by atoms with van der Waals surface area (Å²) in [6.45, 7) is 0. The first kappa shape index (κ1) is 35.8. The Hall–Kier alpha value is -7.16. The van der Waals surface area contributed by atoms with E-state index in [1.165, 1.54) is 0 Å². The predicted octanol–water partition coefficient (Wildman–Crippen LogP) is 8.84. The van der Waals surface area contributed by atoms with Gasteiger partial charge in [0.15, 0.2) is 5.65 Å². The van der Waals surface area contributed by atoms with Crippen LogP contribution in [0.3, 0.4) is 0 Å². The van der Waals surface area contributed by atoms with Crippen LogP contribution in [0.5, 0.6) is 0 Å². The van der Waals surface area contributed by atoms with Crippen molar-refractivity contribution in [2.45, 2.75) is 0 Å². The predicted molar refractivity (Wildman–Crippen MR) is 223 cm³/mol. The van der Waals surface area contributed by atoms with E-state index < -0.39 is 0 Å². The molecule has 56 heavy (non-hydrogen) atoms. The molecule has 0 amide bonds. The van der Waals surface area contributed by atoms with Crippen molar-refractivity contribution in [3.8, 4) is 45.6 Å². The molecular formula is C42H28N12S2. The van der Waals surface area contributed by atoms with Crippen molar-refractivity contribution >= 4 is 54.7 Å². The fourth-order valence-electron chi connectivity index (χ4n) is 5.54. The largest absolute Gasteiger partial charge is 0.292 e. The van der Waals surface area contributed by atoms with E-state index in [0.29, 0.717) is 62.6 Å². The molecule has 0 unspecified atom stereocenters. The Balaban J connectivity index is 0.947. The maximum absolute atomic E-state index is 8.78. The average Bonchev–Trinajstić information content (AvgIpc) is 3.26. The Morgan fingerprint density at radius 2 is 0.661 bits per heavy atom. The molecule has 0 bridgehead atoms. The molecule has 8 aromatic heterocycles. The van der Waals surface area contributed by atoms with Gasteiger partial charge in [0.25, 0.3) is 0 Å². The van der Waals surface area contributed by atoms with Crippen molar-refractivity contribution < 1.29 is 0 Å². The van der Waals surface area contributed by atoms with Crippen LogP contribution in [-0.4, -0.2) is 60.0 Å². The standard InChI is InChI=1S/C42H28N12S2/c43-38(34-17-7-15-32(51-34)30-13-5-11-28(49-30)26-9-1-3-23-47-26)55-40(45)36-21-19-25-20-22-37(54-42(25)53-36)41(46)56-39(44)35-18-8-16-33(52-35)31-14-6-12-29(50-31)27-10-2-4-24-48-27/h1-24,43-46H. The molecule has 8 aromatic rings. The van der Waals surface area contributed by atoms with E-state index in [-0.39, 0.29) is 20.2 Å². The Labute approximate surface area is 329 Å². The number of nitrogens with zero attached hydrogens (tertiary/aromatic N) is 8. The highest BCUT2D eigenvalue weighted by Gasteiger charge is 2.17. The topological polar surface area (TPSA) is 199 Å². The average molecular weight is 765 g/mol. The summed E-state index contributed by atoms with van der Waals surface area (Å²) in [5.41, 5.74) is 7.18. The maximum atomic E-state index is 8.78. The van der Waals surface area contributed by atoms with Crippen molar-refractivity contribution in [3.05, 3.63) is 169 Å². The molecule has 0 spiro atoms. The minimum Gasteiger partial charge on any atom is -0.292 e. The number of aromatic nitrogens is 8. The van der Waals surface area contributed by atoms with Gasteiger partial charge in [-0.3, -0.25) is 31.6 Å². The number of fused-ring (bicyclic) bond motifs is 1. The number of rotatable bonds is 8. The lowest BCUT2D eigenvalue weighted by atomic mass is 10.2. The molecule has 4 N–H and O–H groups in total. The fourth-order valence-corrected chi connectivity index (χ4v) is 6.82. The second-order valence-electron chi connectivity index (χ2n) is 12.0. The molecule has 268 valence electrons. The van der Waals surface area contributed by atoms with Gasteiger partial charge < -0.3 is 0 Å². The summed E-state index contributed by atoms with van der Waals surface area (Å²) in [5, 5.41) is 36.1. The summed E-state index contributed by atoms with van der Waals surface area (Å²) in [6, 6.07) is 40.3. The molecule has 8 rings (SSSR count). The van der Waals surface area contributed by atoms with Crippen LogP contribution in [0.4, 0.5) is 0 Å². The van der Waals surface area contributed by atoms with E-state index in [2.05, 4.69) is 29.9 Å². The van der Waals surface area contributed by atoms with Crippen LogP contribution in [0.2, 0.25) is 0 Å². The van der Waals surface area contributed by atoms with Gasteiger partial charge in [-0.05, 0) is 121 Å². The first-order valence-corrected chi connectivity index (χ1v) is 18.7. The molecule has 0 aromatic carbocycles. The van der Waals surface area contributed by atoms with E-state index in [9.17, 15) is 0 Å². The smallest absolute Gasteiger partial charge is 0.160 e. The molecule has 0 aliphatic rings. The van der Waals surface area contributed by atoms with Gasteiger partial charge in [-0.15, -0.1) is 0 Å².